The quantitative estimate of drug-likeness (QED) is 0.556. The molecule has 0 aromatic rings. The number of carbonyl (C=O) groups excluding carboxylic acids is 1. The first-order chi connectivity index (χ1) is 9.35. The van der Waals surface area contributed by atoms with Gasteiger partial charge in [0.1, 0.15) is 0 Å². The van der Waals surface area contributed by atoms with Gasteiger partial charge in [-0.25, -0.2) is 4.79 Å². The van der Waals surface area contributed by atoms with Crippen molar-refractivity contribution < 1.29 is 24.9 Å². The number of hydrogen-bond acceptors (Lipinski definition) is 4. The summed E-state index contributed by atoms with van der Waals surface area (Å²) in [4.78, 5) is 24.3. The number of carboxylic acid groups (broad SMARTS) is 1. The fraction of sp³-hybridized carbons (Fsp3) is 0.846. The first-order valence-electron chi connectivity index (χ1n) is 6.95. The van der Waals surface area contributed by atoms with Crippen LogP contribution < -0.4 is 5.32 Å². The maximum atomic E-state index is 12.1. The summed E-state index contributed by atoms with van der Waals surface area (Å²) in [6.07, 6.45) is 2.93. The van der Waals surface area contributed by atoms with E-state index in [9.17, 15) is 14.7 Å². The van der Waals surface area contributed by atoms with Gasteiger partial charge in [0.2, 0.25) is 0 Å². The van der Waals surface area contributed by atoms with Crippen LogP contribution in [0, 0.1) is 0 Å². The number of aliphatic hydroxyl groups excluding tert-OH is 1. The van der Waals surface area contributed by atoms with Crippen molar-refractivity contribution in [3.63, 3.8) is 0 Å². The fourth-order valence-corrected chi connectivity index (χ4v) is 2.47. The number of carbonyl (C=O) groups is 2. The summed E-state index contributed by atoms with van der Waals surface area (Å²) in [7, 11) is 0. The lowest BCUT2D eigenvalue weighted by Gasteiger charge is -2.36. The number of rotatable bonds is 6. The first-order valence-corrected chi connectivity index (χ1v) is 6.95. The van der Waals surface area contributed by atoms with Crippen molar-refractivity contribution in [1.29, 1.82) is 0 Å². The van der Waals surface area contributed by atoms with E-state index in [1.54, 1.807) is 4.90 Å². The largest absolute Gasteiger partial charge is 0.481 e. The van der Waals surface area contributed by atoms with Gasteiger partial charge < -0.3 is 25.5 Å². The van der Waals surface area contributed by atoms with Crippen molar-refractivity contribution in [3.8, 4) is 0 Å². The zero-order chi connectivity index (χ0) is 15.2. The van der Waals surface area contributed by atoms with E-state index in [0.717, 1.165) is 19.3 Å². The molecule has 7 heteroatoms. The fourth-order valence-electron chi connectivity index (χ4n) is 2.47. The van der Waals surface area contributed by atoms with Crippen LogP contribution in [0.5, 0.6) is 0 Å². The molecule has 0 aromatic carbocycles. The first kappa shape index (κ1) is 16.7. The van der Waals surface area contributed by atoms with E-state index in [1.165, 1.54) is 6.92 Å². The van der Waals surface area contributed by atoms with Gasteiger partial charge >= 0.3 is 12.0 Å². The summed E-state index contributed by atoms with van der Waals surface area (Å²) >= 11 is 0. The number of piperidine rings is 1. The normalized spacial score (nSPS) is 22.1. The van der Waals surface area contributed by atoms with Gasteiger partial charge in [0.05, 0.1) is 12.0 Å². The Morgan fingerprint density at radius 1 is 1.40 bits per heavy atom. The summed E-state index contributed by atoms with van der Waals surface area (Å²) in [6, 6.07) is -0.299. The summed E-state index contributed by atoms with van der Waals surface area (Å²) in [5, 5.41) is 30.1. The number of aliphatic carboxylic acids is 1. The van der Waals surface area contributed by atoms with Crippen LogP contribution in [0.25, 0.3) is 0 Å². The van der Waals surface area contributed by atoms with Gasteiger partial charge in [0, 0.05) is 25.7 Å². The molecule has 0 aromatic heterocycles. The molecule has 1 aliphatic rings. The molecule has 0 radical (unpaired) electrons. The van der Waals surface area contributed by atoms with Crippen molar-refractivity contribution in [2.24, 2.45) is 0 Å². The predicted molar refractivity (Wildman–Crippen MR) is 72.3 cm³/mol. The molecule has 1 heterocycles. The van der Waals surface area contributed by atoms with Gasteiger partial charge in [-0.2, -0.15) is 0 Å². The lowest BCUT2D eigenvalue weighted by Crippen LogP contribution is -2.52. The van der Waals surface area contributed by atoms with E-state index in [-0.39, 0.29) is 25.2 Å². The monoisotopic (exact) mass is 288 g/mol. The van der Waals surface area contributed by atoms with Gasteiger partial charge in [-0.3, -0.25) is 4.79 Å². The SMILES string of the molecule is CC(O)(CNC(=O)N1CCCCC1CCO)CC(=O)O. The second-order valence-corrected chi connectivity index (χ2v) is 5.58. The minimum Gasteiger partial charge on any atom is -0.481 e. The minimum atomic E-state index is -1.47. The Morgan fingerprint density at radius 2 is 2.10 bits per heavy atom. The Bertz CT molecular complexity index is 344. The number of urea groups is 1. The lowest BCUT2D eigenvalue weighted by molar-refractivity contribution is -0.141. The van der Waals surface area contributed by atoms with Crippen LogP contribution in [0.1, 0.15) is 39.0 Å². The Kier molecular flexibility index (Phi) is 6.22. The zero-order valence-corrected chi connectivity index (χ0v) is 11.8. The second kappa shape index (κ2) is 7.44. The molecule has 0 bridgehead atoms. The van der Waals surface area contributed by atoms with Crippen LogP contribution in [-0.2, 0) is 4.79 Å². The lowest BCUT2D eigenvalue weighted by atomic mass is 10.00. The molecule has 0 spiro atoms. The van der Waals surface area contributed by atoms with E-state index >= 15 is 0 Å². The van der Waals surface area contributed by atoms with Crippen LogP contribution >= 0.6 is 0 Å². The highest BCUT2D eigenvalue weighted by molar-refractivity contribution is 5.75. The minimum absolute atomic E-state index is 0.0122. The van der Waals surface area contributed by atoms with Crippen molar-refractivity contribution in [3.05, 3.63) is 0 Å². The number of aliphatic hydroxyl groups is 2. The van der Waals surface area contributed by atoms with E-state index in [4.69, 9.17) is 10.2 Å². The third-order valence-corrected chi connectivity index (χ3v) is 3.50. The van der Waals surface area contributed by atoms with Gasteiger partial charge in [-0.05, 0) is 32.6 Å². The Hall–Kier alpha value is -1.34. The third-order valence-electron chi connectivity index (χ3n) is 3.50. The molecular weight excluding hydrogens is 264 g/mol. The van der Waals surface area contributed by atoms with Crippen molar-refractivity contribution in [1.82, 2.24) is 10.2 Å². The topological polar surface area (TPSA) is 110 Å². The standard InChI is InChI=1S/C13H24N2O5/c1-13(20,8-11(17)18)9-14-12(19)15-6-3-2-4-10(15)5-7-16/h10,16,20H,2-9H2,1H3,(H,14,19)(H,17,18). The summed E-state index contributed by atoms with van der Waals surface area (Å²) in [5.74, 6) is -1.11. The van der Waals surface area contributed by atoms with E-state index in [0.29, 0.717) is 13.0 Å². The van der Waals surface area contributed by atoms with Gasteiger partial charge in [-0.15, -0.1) is 0 Å². The van der Waals surface area contributed by atoms with Gasteiger partial charge in [0.15, 0.2) is 0 Å². The van der Waals surface area contributed by atoms with Crippen LogP contribution in [0.15, 0.2) is 0 Å². The second-order valence-electron chi connectivity index (χ2n) is 5.58. The number of likely N-dealkylation sites (tertiary alicyclic amines) is 1. The molecule has 0 saturated carbocycles. The molecule has 7 nitrogen and oxygen atoms in total. The molecule has 0 aliphatic carbocycles. The van der Waals surface area contributed by atoms with Crippen molar-refractivity contribution >= 4 is 12.0 Å². The Morgan fingerprint density at radius 3 is 2.70 bits per heavy atom. The molecule has 2 amide bonds. The maximum absolute atomic E-state index is 12.1. The highest BCUT2D eigenvalue weighted by Gasteiger charge is 2.29. The molecule has 20 heavy (non-hydrogen) atoms. The molecule has 2 atom stereocenters. The van der Waals surface area contributed by atoms with Crippen LogP contribution in [-0.4, -0.2) is 63.6 Å². The molecule has 1 aliphatic heterocycles. The molecular formula is C13H24N2O5. The van der Waals surface area contributed by atoms with Crippen LogP contribution in [0.4, 0.5) is 4.79 Å². The van der Waals surface area contributed by atoms with E-state index in [2.05, 4.69) is 5.32 Å². The summed E-state index contributed by atoms with van der Waals surface area (Å²) in [6.45, 7) is 1.92. The summed E-state index contributed by atoms with van der Waals surface area (Å²) in [5.41, 5.74) is -1.47. The Labute approximate surface area is 118 Å². The molecule has 1 rings (SSSR count). The molecule has 4 N–H and O–H groups in total. The third kappa shape index (κ3) is 5.34. The number of amides is 2. The highest BCUT2D eigenvalue weighted by atomic mass is 16.4. The van der Waals surface area contributed by atoms with Gasteiger partial charge in [-0.1, -0.05) is 0 Å². The maximum Gasteiger partial charge on any atom is 0.317 e. The predicted octanol–water partition coefficient (Wildman–Crippen LogP) is 0.159. The average molecular weight is 288 g/mol. The zero-order valence-electron chi connectivity index (χ0n) is 11.8. The van der Waals surface area contributed by atoms with Gasteiger partial charge in [0.25, 0.3) is 0 Å². The number of nitrogens with one attached hydrogen (secondary N) is 1. The number of hydrogen-bond donors (Lipinski definition) is 4. The molecule has 1 saturated heterocycles. The smallest absolute Gasteiger partial charge is 0.317 e. The molecule has 116 valence electrons. The summed E-state index contributed by atoms with van der Waals surface area (Å²) < 4.78 is 0. The van der Waals surface area contributed by atoms with Crippen molar-refractivity contribution in [2.75, 3.05) is 19.7 Å². The van der Waals surface area contributed by atoms with E-state index in [1.807, 2.05) is 0 Å². The Balaban J connectivity index is 2.49. The van der Waals surface area contributed by atoms with Crippen LogP contribution in [0.2, 0.25) is 0 Å². The molecule has 2 unspecified atom stereocenters. The van der Waals surface area contributed by atoms with Crippen molar-refractivity contribution in [2.45, 2.75) is 50.7 Å². The number of nitrogens with zero attached hydrogens (tertiary/aromatic N) is 1. The van der Waals surface area contributed by atoms with Crippen LogP contribution in [0.3, 0.4) is 0 Å². The highest BCUT2D eigenvalue weighted by Crippen LogP contribution is 2.19. The molecule has 1 fully saturated rings. The average Bonchev–Trinajstić information content (AvgIpc) is 2.36. The van der Waals surface area contributed by atoms with E-state index < -0.39 is 18.0 Å². The number of carboxylic acids is 1.